The number of furan rings is 1. The number of likely N-dealkylation sites (N-methyl/N-ethyl adjacent to an activating group) is 1. The highest BCUT2D eigenvalue weighted by Crippen LogP contribution is 2.31. The van der Waals surface area contributed by atoms with Gasteiger partial charge in [-0.2, -0.15) is 0 Å². The van der Waals surface area contributed by atoms with Gasteiger partial charge in [0.15, 0.2) is 0 Å². The zero-order valence-corrected chi connectivity index (χ0v) is 12.5. The summed E-state index contributed by atoms with van der Waals surface area (Å²) >= 11 is 0. The van der Waals surface area contributed by atoms with Crippen LogP contribution in [0, 0.1) is 19.8 Å². The van der Waals surface area contributed by atoms with E-state index >= 15 is 0 Å². The van der Waals surface area contributed by atoms with E-state index in [1.165, 1.54) is 0 Å². The van der Waals surface area contributed by atoms with E-state index in [4.69, 9.17) is 9.15 Å². The summed E-state index contributed by atoms with van der Waals surface area (Å²) in [5, 5.41) is 9.31. The summed E-state index contributed by atoms with van der Waals surface area (Å²) in [5.74, 6) is 0.557. The van der Waals surface area contributed by atoms with E-state index < -0.39 is 11.9 Å². The van der Waals surface area contributed by atoms with Gasteiger partial charge in [0.25, 0.3) is 0 Å². The monoisotopic (exact) mass is 281 g/mol. The Morgan fingerprint density at radius 2 is 2.20 bits per heavy atom. The third-order valence-electron chi connectivity index (χ3n) is 4.19. The summed E-state index contributed by atoms with van der Waals surface area (Å²) in [6, 6.07) is 2.07. The lowest BCUT2D eigenvalue weighted by Gasteiger charge is -2.34. The van der Waals surface area contributed by atoms with E-state index in [0.29, 0.717) is 13.2 Å². The molecule has 3 atom stereocenters. The normalized spacial score (nSPS) is 24.2. The smallest absolute Gasteiger partial charge is 0.310 e. The maximum absolute atomic E-state index is 11.3. The van der Waals surface area contributed by atoms with Gasteiger partial charge in [0.1, 0.15) is 11.5 Å². The molecule has 2 rings (SSSR count). The molecule has 112 valence electrons. The van der Waals surface area contributed by atoms with E-state index in [-0.39, 0.29) is 12.1 Å². The summed E-state index contributed by atoms with van der Waals surface area (Å²) in [4.78, 5) is 13.5. The predicted molar refractivity (Wildman–Crippen MR) is 74.7 cm³/mol. The van der Waals surface area contributed by atoms with E-state index in [1.54, 1.807) is 0 Å². The third-order valence-corrected chi connectivity index (χ3v) is 4.19. The Hall–Kier alpha value is -1.33. The summed E-state index contributed by atoms with van der Waals surface area (Å²) in [6.45, 7) is 9.58. The van der Waals surface area contributed by atoms with E-state index in [0.717, 1.165) is 23.6 Å². The number of carboxylic acid groups (broad SMARTS) is 1. The van der Waals surface area contributed by atoms with Crippen LogP contribution in [-0.2, 0) is 9.53 Å². The van der Waals surface area contributed by atoms with Crippen molar-refractivity contribution >= 4 is 5.97 Å². The average Bonchev–Trinajstić information content (AvgIpc) is 2.97. The van der Waals surface area contributed by atoms with Crippen molar-refractivity contribution < 1.29 is 19.1 Å². The van der Waals surface area contributed by atoms with Crippen molar-refractivity contribution in [1.82, 2.24) is 4.90 Å². The van der Waals surface area contributed by atoms with Gasteiger partial charge in [0.2, 0.25) is 0 Å². The molecule has 1 N–H and O–H groups in total. The van der Waals surface area contributed by atoms with Crippen molar-refractivity contribution in [3.8, 4) is 0 Å². The summed E-state index contributed by atoms with van der Waals surface area (Å²) in [5.41, 5.74) is 1.13. The van der Waals surface area contributed by atoms with Crippen molar-refractivity contribution in [1.29, 1.82) is 0 Å². The van der Waals surface area contributed by atoms with E-state index in [2.05, 4.69) is 18.7 Å². The van der Waals surface area contributed by atoms with Gasteiger partial charge in [-0.05, 0) is 33.4 Å². The minimum Gasteiger partial charge on any atom is -0.481 e. The molecule has 1 saturated heterocycles. The number of ether oxygens (including phenoxy) is 1. The quantitative estimate of drug-likeness (QED) is 0.897. The summed E-state index contributed by atoms with van der Waals surface area (Å²) < 4.78 is 11.0. The molecule has 5 nitrogen and oxygen atoms in total. The Kier molecular flexibility index (Phi) is 4.50. The van der Waals surface area contributed by atoms with Gasteiger partial charge in [-0.15, -0.1) is 0 Å². The van der Waals surface area contributed by atoms with Gasteiger partial charge in [0, 0.05) is 17.6 Å². The maximum Gasteiger partial charge on any atom is 0.310 e. The molecule has 0 bridgehead atoms. The Bertz CT molecular complexity index is 482. The standard InChI is InChI=1S/C15H23NO4/c1-5-16(14-8-19-7-13(14)15(17)18)10(3)12-6-9(2)20-11(12)4/h6,10,13-14H,5,7-8H2,1-4H3,(H,17,18). The SMILES string of the molecule is CCN(C(C)c1cc(C)oc1C)C1COCC1C(=O)O. The van der Waals surface area contributed by atoms with Crippen molar-refractivity contribution in [2.75, 3.05) is 19.8 Å². The fraction of sp³-hybridized carbons (Fsp3) is 0.667. The Balaban J connectivity index is 2.23. The molecule has 1 aliphatic heterocycles. The molecule has 1 aromatic rings. The van der Waals surface area contributed by atoms with Gasteiger partial charge in [-0.1, -0.05) is 6.92 Å². The van der Waals surface area contributed by atoms with Crippen molar-refractivity contribution in [3.05, 3.63) is 23.2 Å². The van der Waals surface area contributed by atoms with Crippen LogP contribution in [0.4, 0.5) is 0 Å². The summed E-state index contributed by atoms with van der Waals surface area (Å²) in [7, 11) is 0. The number of carbonyl (C=O) groups is 1. The van der Waals surface area contributed by atoms with Gasteiger partial charge < -0.3 is 14.3 Å². The van der Waals surface area contributed by atoms with Crippen LogP contribution in [0.5, 0.6) is 0 Å². The predicted octanol–water partition coefficient (Wildman–Crippen LogP) is 2.38. The number of hydrogen-bond acceptors (Lipinski definition) is 4. The molecule has 20 heavy (non-hydrogen) atoms. The molecule has 1 fully saturated rings. The number of hydrogen-bond donors (Lipinski definition) is 1. The molecule has 5 heteroatoms. The third kappa shape index (κ3) is 2.74. The molecule has 0 spiro atoms. The second-order valence-electron chi connectivity index (χ2n) is 5.42. The molecule has 1 aliphatic rings. The first-order valence-corrected chi connectivity index (χ1v) is 7.08. The minimum atomic E-state index is -0.779. The number of aryl methyl sites for hydroxylation is 2. The van der Waals surface area contributed by atoms with Crippen LogP contribution < -0.4 is 0 Å². The number of carboxylic acids is 1. The number of aliphatic carboxylic acids is 1. The molecule has 0 saturated carbocycles. The zero-order chi connectivity index (χ0) is 14.9. The Morgan fingerprint density at radius 1 is 1.50 bits per heavy atom. The fourth-order valence-electron chi connectivity index (χ4n) is 3.15. The lowest BCUT2D eigenvalue weighted by Crippen LogP contribution is -2.44. The molecule has 1 aromatic heterocycles. The van der Waals surface area contributed by atoms with Gasteiger partial charge >= 0.3 is 5.97 Å². The molecule has 2 heterocycles. The molecular weight excluding hydrogens is 258 g/mol. The Morgan fingerprint density at radius 3 is 2.70 bits per heavy atom. The second kappa shape index (κ2) is 5.97. The van der Waals surface area contributed by atoms with E-state index in [1.807, 2.05) is 19.9 Å². The molecule has 0 aromatic carbocycles. The van der Waals surface area contributed by atoms with Crippen molar-refractivity contribution in [3.63, 3.8) is 0 Å². The van der Waals surface area contributed by atoms with Crippen LogP contribution >= 0.6 is 0 Å². The highest BCUT2D eigenvalue weighted by molar-refractivity contribution is 5.71. The highest BCUT2D eigenvalue weighted by atomic mass is 16.5. The molecule has 3 unspecified atom stereocenters. The second-order valence-corrected chi connectivity index (χ2v) is 5.42. The fourth-order valence-corrected chi connectivity index (χ4v) is 3.15. The first kappa shape index (κ1) is 15.1. The molecule has 0 aliphatic carbocycles. The number of rotatable bonds is 5. The van der Waals surface area contributed by atoms with Crippen molar-refractivity contribution in [2.24, 2.45) is 5.92 Å². The van der Waals surface area contributed by atoms with Crippen LogP contribution in [0.2, 0.25) is 0 Å². The van der Waals surface area contributed by atoms with Crippen molar-refractivity contribution in [2.45, 2.75) is 39.8 Å². The first-order valence-electron chi connectivity index (χ1n) is 7.08. The van der Waals surface area contributed by atoms with Crippen LogP contribution in [-0.4, -0.2) is 41.8 Å². The minimum absolute atomic E-state index is 0.0814. The van der Waals surface area contributed by atoms with Crippen LogP contribution in [0.1, 0.15) is 37.0 Å². The molecule has 0 amide bonds. The largest absolute Gasteiger partial charge is 0.481 e. The molecule has 0 radical (unpaired) electrons. The van der Waals surface area contributed by atoms with E-state index in [9.17, 15) is 9.90 Å². The topological polar surface area (TPSA) is 62.9 Å². The van der Waals surface area contributed by atoms with Gasteiger partial charge in [-0.25, -0.2) is 0 Å². The Labute approximate surface area is 119 Å². The van der Waals surface area contributed by atoms with Gasteiger partial charge in [0.05, 0.1) is 19.1 Å². The van der Waals surface area contributed by atoms with Crippen LogP contribution in [0.15, 0.2) is 10.5 Å². The summed E-state index contributed by atoms with van der Waals surface area (Å²) in [6.07, 6.45) is 0. The lowest BCUT2D eigenvalue weighted by atomic mass is 9.98. The first-order chi connectivity index (χ1) is 9.45. The van der Waals surface area contributed by atoms with Crippen LogP contribution in [0.25, 0.3) is 0 Å². The highest BCUT2D eigenvalue weighted by Gasteiger charge is 2.39. The van der Waals surface area contributed by atoms with Gasteiger partial charge in [-0.3, -0.25) is 9.69 Å². The number of nitrogens with zero attached hydrogens (tertiary/aromatic N) is 1. The maximum atomic E-state index is 11.3. The molecular formula is C15H23NO4. The zero-order valence-electron chi connectivity index (χ0n) is 12.5. The van der Waals surface area contributed by atoms with Crippen LogP contribution in [0.3, 0.4) is 0 Å². The average molecular weight is 281 g/mol. The lowest BCUT2D eigenvalue weighted by molar-refractivity contribution is -0.143.